The van der Waals surface area contributed by atoms with E-state index in [0.717, 1.165) is 17.2 Å². The van der Waals surface area contributed by atoms with E-state index in [1.807, 2.05) is 6.07 Å². The van der Waals surface area contributed by atoms with Gasteiger partial charge < -0.3 is 0 Å². The summed E-state index contributed by atoms with van der Waals surface area (Å²) in [6.45, 7) is 0. The van der Waals surface area contributed by atoms with Gasteiger partial charge >= 0.3 is 0 Å². The number of nitrogens with zero attached hydrogens (tertiary/aromatic N) is 3. The highest BCUT2D eigenvalue weighted by atomic mass is 35.5. The van der Waals surface area contributed by atoms with Gasteiger partial charge in [0.25, 0.3) is 0 Å². The summed E-state index contributed by atoms with van der Waals surface area (Å²) in [5.41, 5.74) is 0.772. The third-order valence-corrected chi connectivity index (χ3v) is 2.90. The second-order valence-electron chi connectivity index (χ2n) is 3.67. The molecule has 0 amide bonds. The third kappa shape index (κ3) is 3.41. The van der Waals surface area contributed by atoms with Crippen molar-refractivity contribution in [1.29, 1.82) is 0 Å². The third-order valence-electron chi connectivity index (χ3n) is 2.05. The summed E-state index contributed by atoms with van der Waals surface area (Å²) in [5, 5.41) is 5.77. The maximum atomic E-state index is 11.0. The summed E-state index contributed by atoms with van der Waals surface area (Å²) in [4.78, 5) is 4.08. The molecule has 0 N–H and O–H groups in total. The Kier molecular flexibility index (Phi) is 3.49. The molecule has 0 aliphatic carbocycles. The highest BCUT2D eigenvalue weighted by Gasteiger charge is 2.03. The van der Waals surface area contributed by atoms with Gasteiger partial charge in [-0.1, -0.05) is 23.7 Å². The van der Waals surface area contributed by atoms with E-state index in [-0.39, 0.29) is 0 Å². The lowest BCUT2D eigenvalue weighted by molar-refractivity contribution is 0.610. The number of aromatic nitrogens is 3. The Balaban J connectivity index is 2.29. The summed E-state index contributed by atoms with van der Waals surface area (Å²) >= 11 is 5.87. The quantitative estimate of drug-likeness (QED) is 0.865. The lowest BCUT2D eigenvalue weighted by Crippen LogP contribution is -1.92. The molecule has 0 spiro atoms. The molecule has 1 aromatic heterocycles. The van der Waals surface area contributed by atoms with Crippen LogP contribution in [-0.2, 0) is 9.84 Å². The lowest BCUT2D eigenvalue weighted by atomic mass is 10.2. The van der Waals surface area contributed by atoms with Crippen molar-refractivity contribution in [2.24, 2.45) is 0 Å². The van der Waals surface area contributed by atoms with Crippen molar-refractivity contribution in [3.8, 4) is 11.4 Å². The van der Waals surface area contributed by atoms with E-state index in [1.165, 1.54) is 17.2 Å². The maximum absolute atomic E-state index is 11.0. The molecule has 5 nitrogen and oxygen atoms in total. The van der Waals surface area contributed by atoms with Gasteiger partial charge in [0.1, 0.15) is 6.33 Å². The van der Waals surface area contributed by atoms with Crippen LogP contribution in [0.15, 0.2) is 36.0 Å². The molecule has 2 aromatic rings. The molecule has 1 heterocycles. The molecule has 18 heavy (non-hydrogen) atoms. The average Bonchev–Trinajstić information content (AvgIpc) is 2.74. The molecular weight excluding hydrogens is 274 g/mol. The number of sulfone groups is 1. The normalized spacial score (nSPS) is 12.1. The summed E-state index contributed by atoms with van der Waals surface area (Å²) in [6.07, 6.45) is 3.87. The van der Waals surface area contributed by atoms with E-state index in [1.54, 1.807) is 18.2 Å². The molecule has 0 aliphatic rings. The SMILES string of the molecule is CS(=O)(=O)C=Cn1cnc(-c2cccc(Cl)c2)n1. The monoisotopic (exact) mass is 283 g/mol. The Morgan fingerprint density at radius 2 is 2.17 bits per heavy atom. The molecule has 0 saturated heterocycles. The highest BCUT2D eigenvalue weighted by Crippen LogP contribution is 2.18. The van der Waals surface area contributed by atoms with E-state index in [4.69, 9.17) is 11.6 Å². The predicted octanol–water partition coefficient (Wildman–Crippen LogP) is 2.07. The van der Waals surface area contributed by atoms with Crippen LogP contribution in [0.3, 0.4) is 0 Å². The van der Waals surface area contributed by atoms with Crippen molar-refractivity contribution in [2.75, 3.05) is 6.26 Å². The molecule has 0 saturated carbocycles. The Labute approximate surface area is 110 Å². The number of hydrogen-bond acceptors (Lipinski definition) is 4. The van der Waals surface area contributed by atoms with Crippen LogP contribution in [0, 0.1) is 0 Å². The van der Waals surface area contributed by atoms with Gasteiger partial charge in [-0.15, -0.1) is 5.10 Å². The molecule has 1 aromatic carbocycles. The summed E-state index contributed by atoms with van der Waals surface area (Å²) < 4.78 is 23.3. The molecule has 2 rings (SSSR count). The van der Waals surface area contributed by atoms with Crippen molar-refractivity contribution < 1.29 is 8.42 Å². The first kappa shape index (κ1) is 12.8. The maximum Gasteiger partial charge on any atom is 0.181 e. The number of rotatable bonds is 3. The Bertz CT molecular complexity index is 692. The van der Waals surface area contributed by atoms with Crippen molar-refractivity contribution in [3.63, 3.8) is 0 Å². The van der Waals surface area contributed by atoms with Gasteiger partial charge in [-0.2, -0.15) is 0 Å². The standard InChI is InChI=1S/C11H10ClN3O2S/c1-18(16,17)6-5-15-8-13-11(14-15)9-3-2-4-10(12)7-9/h2-8H,1H3. The summed E-state index contributed by atoms with van der Waals surface area (Å²) in [7, 11) is -3.17. The van der Waals surface area contributed by atoms with Gasteiger partial charge in [-0.25, -0.2) is 18.1 Å². The van der Waals surface area contributed by atoms with Crippen LogP contribution in [0.25, 0.3) is 17.6 Å². The molecule has 0 radical (unpaired) electrons. The van der Waals surface area contributed by atoms with Crippen molar-refractivity contribution in [3.05, 3.63) is 41.0 Å². The van der Waals surface area contributed by atoms with E-state index in [2.05, 4.69) is 10.1 Å². The van der Waals surface area contributed by atoms with Crippen molar-refractivity contribution >= 4 is 27.6 Å². The number of hydrogen-bond donors (Lipinski definition) is 0. The number of benzene rings is 1. The largest absolute Gasteiger partial charge is 0.227 e. The summed E-state index contributed by atoms with van der Waals surface area (Å²) in [6, 6.07) is 7.11. The van der Waals surface area contributed by atoms with Crippen molar-refractivity contribution in [2.45, 2.75) is 0 Å². The second-order valence-corrected chi connectivity index (χ2v) is 6.04. The van der Waals surface area contributed by atoms with E-state index < -0.39 is 9.84 Å². The second kappa shape index (κ2) is 4.91. The fourth-order valence-corrected chi connectivity index (χ4v) is 1.82. The van der Waals surface area contributed by atoms with E-state index in [9.17, 15) is 8.42 Å². The van der Waals surface area contributed by atoms with Gasteiger partial charge in [0.15, 0.2) is 15.7 Å². The Morgan fingerprint density at radius 1 is 1.39 bits per heavy atom. The minimum Gasteiger partial charge on any atom is -0.227 e. The smallest absolute Gasteiger partial charge is 0.181 e. The van der Waals surface area contributed by atoms with E-state index >= 15 is 0 Å². The molecule has 0 atom stereocenters. The van der Waals surface area contributed by atoms with Crippen LogP contribution < -0.4 is 0 Å². The average molecular weight is 284 g/mol. The molecule has 0 bridgehead atoms. The molecule has 94 valence electrons. The summed E-state index contributed by atoms with van der Waals surface area (Å²) in [5.74, 6) is 0.482. The zero-order chi connectivity index (χ0) is 13.2. The van der Waals surface area contributed by atoms with Gasteiger partial charge in [-0.05, 0) is 12.1 Å². The topological polar surface area (TPSA) is 64.8 Å². The molecule has 7 heteroatoms. The minimum absolute atomic E-state index is 0.482. The predicted molar refractivity (Wildman–Crippen MR) is 70.6 cm³/mol. The van der Waals surface area contributed by atoms with Gasteiger partial charge in [0.2, 0.25) is 0 Å². The van der Waals surface area contributed by atoms with Crippen LogP contribution in [0.2, 0.25) is 5.02 Å². The van der Waals surface area contributed by atoms with Gasteiger partial charge in [0.05, 0.1) is 0 Å². The van der Waals surface area contributed by atoms with Crippen LogP contribution in [0.1, 0.15) is 0 Å². The Morgan fingerprint density at radius 3 is 2.83 bits per heavy atom. The van der Waals surface area contributed by atoms with Crippen LogP contribution in [-0.4, -0.2) is 29.4 Å². The first-order valence-corrected chi connectivity index (χ1v) is 7.33. The molecule has 0 unspecified atom stereocenters. The first-order chi connectivity index (χ1) is 8.44. The zero-order valence-electron chi connectivity index (χ0n) is 9.49. The first-order valence-electron chi connectivity index (χ1n) is 4.99. The zero-order valence-corrected chi connectivity index (χ0v) is 11.1. The van der Waals surface area contributed by atoms with Gasteiger partial charge in [0, 0.05) is 28.4 Å². The van der Waals surface area contributed by atoms with Crippen molar-refractivity contribution in [1.82, 2.24) is 14.8 Å². The van der Waals surface area contributed by atoms with Crippen LogP contribution in [0.4, 0.5) is 0 Å². The number of halogens is 1. The van der Waals surface area contributed by atoms with Crippen LogP contribution >= 0.6 is 11.6 Å². The lowest BCUT2D eigenvalue weighted by Gasteiger charge is -1.95. The highest BCUT2D eigenvalue weighted by molar-refractivity contribution is 7.93. The van der Waals surface area contributed by atoms with E-state index in [0.29, 0.717) is 10.8 Å². The Hall–Kier alpha value is -1.66. The minimum atomic E-state index is -3.17. The fourth-order valence-electron chi connectivity index (χ4n) is 1.28. The molecule has 0 fully saturated rings. The fraction of sp³-hybridized carbons (Fsp3) is 0.0909. The van der Waals surface area contributed by atoms with Crippen LogP contribution in [0.5, 0.6) is 0 Å². The molecular formula is C11H10ClN3O2S. The molecule has 0 aliphatic heterocycles. The van der Waals surface area contributed by atoms with Gasteiger partial charge in [-0.3, -0.25) is 0 Å².